The molecule has 0 aromatic heterocycles. The van der Waals surface area contributed by atoms with Crippen LogP contribution in [-0.4, -0.2) is 78.0 Å². The Hall–Kier alpha value is -4.40. The summed E-state index contributed by atoms with van der Waals surface area (Å²) in [5, 5.41) is 17.1. The Bertz CT molecular complexity index is 1010. The first kappa shape index (κ1) is 32.6. The molecule has 1 aromatic rings. The SMILES string of the molecule is CC(NC(=O)C(CCCN=C(N)N)NC(=O)C(N)CCCN=C(N)N)C(=O)NC(Cc1ccccc1)C(=O)O. The maximum atomic E-state index is 13.0. The summed E-state index contributed by atoms with van der Waals surface area (Å²) in [6.07, 6.45) is 1.26. The second-order valence-corrected chi connectivity index (χ2v) is 8.88. The lowest BCUT2D eigenvalue weighted by molar-refractivity contribution is -0.142. The van der Waals surface area contributed by atoms with Crippen molar-refractivity contribution in [2.75, 3.05) is 13.1 Å². The predicted molar refractivity (Wildman–Crippen MR) is 147 cm³/mol. The van der Waals surface area contributed by atoms with E-state index >= 15 is 0 Å². The highest BCUT2D eigenvalue weighted by atomic mass is 16.4. The second-order valence-electron chi connectivity index (χ2n) is 8.88. The molecule has 0 fully saturated rings. The molecule has 0 saturated heterocycles. The first-order valence-electron chi connectivity index (χ1n) is 12.4. The summed E-state index contributed by atoms with van der Waals surface area (Å²) in [6, 6.07) is 4.52. The first-order valence-corrected chi connectivity index (χ1v) is 12.4. The molecule has 3 amide bonds. The molecule has 0 aliphatic rings. The average Bonchev–Trinajstić information content (AvgIpc) is 2.87. The van der Waals surface area contributed by atoms with E-state index in [9.17, 15) is 24.3 Å². The van der Waals surface area contributed by atoms with Crippen LogP contribution in [0.4, 0.5) is 0 Å². The number of guanidine groups is 2. The van der Waals surface area contributed by atoms with Gasteiger partial charge in [-0.2, -0.15) is 0 Å². The van der Waals surface area contributed by atoms with E-state index in [1.807, 2.05) is 0 Å². The molecule has 14 N–H and O–H groups in total. The number of amides is 3. The summed E-state index contributed by atoms with van der Waals surface area (Å²) >= 11 is 0. The molecule has 0 heterocycles. The van der Waals surface area contributed by atoms with Gasteiger partial charge in [0, 0.05) is 19.5 Å². The fraction of sp³-hybridized carbons (Fsp3) is 0.500. The van der Waals surface area contributed by atoms with Crippen molar-refractivity contribution in [3.8, 4) is 0 Å². The lowest BCUT2D eigenvalue weighted by Crippen LogP contribution is -2.56. The van der Waals surface area contributed by atoms with E-state index in [0.717, 1.165) is 5.56 Å². The molecule has 0 spiro atoms. The number of nitrogens with one attached hydrogen (secondary N) is 3. The topological polar surface area (TPSA) is 279 Å². The fourth-order valence-electron chi connectivity index (χ4n) is 3.43. The van der Waals surface area contributed by atoms with E-state index in [1.165, 1.54) is 6.92 Å². The molecule has 15 nitrogen and oxygen atoms in total. The average molecular weight is 549 g/mol. The van der Waals surface area contributed by atoms with Gasteiger partial charge in [0.1, 0.15) is 18.1 Å². The number of aliphatic carboxylic acids is 1. The predicted octanol–water partition coefficient (Wildman–Crippen LogP) is -2.78. The number of rotatable bonds is 17. The smallest absolute Gasteiger partial charge is 0.326 e. The number of carboxylic acids is 1. The Morgan fingerprint density at radius 3 is 1.87 bits per heavy atom. The molecule has 4 unspecified atom stereocenters. The summed E-state index contributed by atoms with van der Waals surface area (Å²) < 4.78 is 0. The molecule has 1 aromatic carbocycles. The monoisotopic (exact) mass is 548 g/mol. The van der Waals surface area contributed by atoms with Crippen LogP contribution in [0, 0.1) is 0 Å². The molecule has 0 aliphatic carbocycles. The zero-order chi connectivity index (χ0) is 29.4. The van der Waals surface area contributed by atoms with Crippen LogP contribution in [-0.2, 0) is 25.6 Å². The van der Waals surface area contributed by atoms with Crippen molar-refractivity contribution in [1.82, 2.24) is 16.0 Å². The van der Waals surface area contributed by atoms with Gasteiger partial charge in [-0.15, -0.1) is 0 Å². The lowest BCUT2D eigenvalue weighted by atomic mass is 10.1. The van der Waals surface area contributed by atoms with Crippen LogP contribution in [0.1, 0.15) is 38.2 Å². The number of carbonyl (C=O) groups excluding carboxylic acids is 3. The van der Waals surface area contributed by atoms with E-state index in [1.54, 1.807) is 30.3 Å². The molecule has 0 radical (unpaired) electrons. The minimum absolute atomic E-state index is 0.0626. The third kappa shape index (κ3) is 13.6. The Kier molecular flexibility index (Phi) is 14.4. The van der Waals surface area contributed by atoms with Crippen molar-refractivity contribution < 1.29 is 24.3 Å². The Balaban J connectivity index is 2.80. The van der Waals surface area contributed by atoms with Gasteiger partial charge in [0.25, 0.3) is 0 Å². The molecule has 0 bridgehead atoms. The van der Waals surface area contributed by atoms with Gasteiger partial charge in [-0.05, 0) is 38.2 Å². The van der Waals surface area contributed by atoms with Crippen LogP contribution in [0.2, 0.25) is 0 Å². The summed E-state index contributed by atoms with van der Waals surface area (Å²) in [7, 11) is 0. The number of carboxylic acid groups (broad SMARTS) is 1. The summed E-state index contributed by atoms with van der Waals surface area (Å²) in [4.78, 5) is 57.7. The minimum Gasteiger partial charge on any atom is -0.480 e. The van der Waals surface area contributed by atoms with Crippen LogP contribution < -0.4 is 44.6 Å². The van der Waals surface area contributed by atoms with Gasteiger partial charge < -0.3 is 49.7 Å². The van der Waals surface area contributed by atoms with Crippen LogP contribution in [0.15, 0.2) is 40.3 Å². The summed E-state index contributed by atoms with van der Waals surface area (Å²) in [5.41, 5.74) is 27.9. The second kappa shape index (κ2) is 17.2. The van der Waals surface area contributed by atoms with E-state index in [0.29, 0.717) is 19.4 Å². The zero-order valence-corrected chi connectivity index (χ0v) is 22.0. The summed E-state index contributed by atoms with van der Waals surface area (Å²) in [6.45, 7) is 1.91. The molecule has 1 rings (SSSR count). The molecule has 0 aliphatic heterocycles. The maximum absolute atomic E-state index is 13.0. The molecule has 216 valence electrons. The highest BCUT2D eigenvalue weighted by Crippen LogP contribution is 2.05. The van der Waals surface area contributed by atoms with E-state index < -0.39 is 47.9 Å². The number of carbonyl (C=O) groups is 4. The Labute approximate surface area is 227 Å². The quantitative estimate of drug-likeness (QED) is 0.0548. The Morgan fingerprint density at radius 1 is 0.795 bits per heavy atom. The number of hydrogen-bond acceptors (Lipinski definition) is 7. The van der Waals surface area contributed by atoms with Crippen LogP contribution in [0.5, 0.6) is 0 Å². The van der Waals surface area contributed by atoms with Crippen molar-refractivity contribution >= 4 is 35.6 Å². The van der Waals surface area contributed by atoms with E-state index in [2.05, 4.69) is 25.9 Å². The lowest BCUT2D eigenvalue weighted by Gasteiger charge is -2.23. The highest BCUT2D eigenvalue weighted by Gasteiger charge is 2.28. The van der Waals surface area contributed by atoms with Gasteiger partial charge in [0.15, 0.2) is 11.9 Å². The van der Waals surface area contributed by atoms with Gasteiger partial charge in [0.2, 0.25) is 17.7 Å². The van der Waals surface area contributed by atoms with Crippen molar-refractivity contribution in [2.24, 2.45) is 38.7 Å². The van der Waals surface area contributed by atoms with Crippen molar-refractivity contribution in [3.63, 3.8) is 0 Å². The number of nitrogens with two attached hydrogens (primary N) is 5. The van der Waals surface area contributed by atoms with Crippen LogP contribution in [0.25, 0.3) is 0 Å². The van der Waals surface area contributed by atoms with Crippen LogP contribution in [0.3, 0.4) is 0 Å². The molecule has 4 atom stereocenters. The molecule has 15 heteroatoms. The first-order chi connectivity index (χ1) is 18.4. The van der Waals surface area contributed by atoms with Gasteiger partial charge in [-0.1, -0.05) is 30.3 Å². The Morgan fingerprint density at radius 2 is 1.33 bits per heavy atom. The zero-order valence-electron chi connectivity index (χ0n) is 22.0. The minimum atomic E-state index is -1.22. The van der Waals surface area contributed by atoms with Gasteiger partial charge in [-0.3, -0.25) is 24.4 Å². The van der Waals surface area contributed by atoms with Crippen LogP contribution >= 0.6 is 0 Å². The molecular formula is C24H40N10O5. The van der Waals surface area contributed by atoms with Crippen molar-refractivity contribution in [3.05, 3.63) is 35.9 Å². The van der Waals surface area contributed by atoms with Gasteiger partial charge in [0.05, 0.1) is 6.04 Å². The fourth-order valence-corrected chi connectivity index (χ4v) is 3.43. The summed E-state index contributed by atoms with van der Waals surface area (Å²) in [5.74, 6) is -3.33. The largest absolute Gasteiger partial charge is 0.480 e. The number of hydrogen-bond donors (Lipinski definition) is 9. The van der Waals surface area contributed by atoms with E-state index in [-0.39, 0.29) is 37.7 Å². The normalized spacial score (nSPS) is 13.6. The standard InChI is InChI=1S/C24H40N10O5/c1-14(19(35)34-18(22(38)39)13-15-7-3-2-4-8-15)32-21(37)17(10-6-12-31-24(28)29)33-20(36)16(25)9-5-11-30-23(26)27/h2-4,7-8,14,16-18H,5-6,9-13,25H2,1H3,(H,32,37)(H,33,36)(H,34,35)(H,38,39)(H4,26,27,30)(H4,28,29,31). The third-order valence-corrected chi connectivity index (χ3v) is 5.53. The number of benzene rings is 1. The van der Waals surface area contributed by atoms with Crippen molar-refractivity contribution in [1.29, 1.82) is 0 Å². The molecular weight excluding hydrogens is 508 g/mol. The number of aliphatic imine (C=N–C) groups is 2. The maximum Gasteiger partial charge on any atom is 0.326 e. The third-order valence-electron chi connectivity index (χ3n) is 5.53. The van der Waals surface area contributed by atoms with Crippen molar-refractivity contribution in [2.45, 2.75) is 63.2 Å². The molecule has 39 heavy (non-hydrogen) atoms. The van der Waals surface area contributed by atoms with Gasteiger partial charge >= 0.3 is 5.97 Å². The van der Waals surface area contributed by atoms with Gasteiger partial charge in [-0.25, -0.2) is 4.79 Å². The highest BCUT2D eigenvalue weighted by molar-refractivity contribution is 5.94. The number of nitrogens with zero attached hydrogens (tertiary/aromatic N) is 2. The van der Waals surface area contributed by atoms with E-state index in [4.69, 9.17) is 28.7 Å². The molecule has 0 saturated carbocycles.